The maximum atomic E-state index is 13.1. The van der Waals surface area contributed by atoms with Crippen LogP contribution in [0.4, 0.5) is 10.1 Å². The van der Waals surface area contributed by atoms with Crippen molar-refractivity contribution in [2.45, 2.75) is 38.6 Å². The van der Waals surface area contributed by atoms with Crippen molar-refractivity contribution in [3.05, 3.63) is 94.3 Å². The summed E-state index contributed by atoms with van der Waals surface area (Å²) >= 11 is 0. The number of aryl methyl sites for hydroxylation is 3. The fourth-order valence-corrected chi connectivity index (χ4v) is 4.48. The molecule has 0 aliphatic rings. The van der Waals surface area contributed by atoms with Crippen molar-refractivity contribution in [1.82, 2.24) is 5.32 Å². The van der Waals surface area contributed by atoms with Gasteiger partial charge >= 0.3 is 0 Å². The number of sulfonamides is 1. The first-order chi connectivity index (χ1) is 14.6. The smallest absolute Gasteiger partial charge is 0.262 e. The summed E-state index contributed by atoms with van der Waals surface area (Å²) in [7, 11) is -3.89. The highest BCUT2D eigenvalue weighted by atomic mass is 32.2. The lowest BCUT2D eigenvalue weighted by Crippen LogP contribution is -2.27. The van der Waals surface area contributed by atoms with E-state index in [1.54, 1.807) is 50.2 Å². The van der Waals surface area contributed by atoms with Gasteiger partial charge in [-0.1, -0.05) is 24.3 Å². The topological polar surface area (TPSA) is 75.3 Å². The van der Waals surface area contributed by atoms with E-state index in [0.717, 1.165) is 16.7 Å². The van der Waals surface area contributed by atoms with E-state index in [-0.39, 0.29) is 22.3 Å². The minimum atomic E-state index is -3.89. The van der Waals surface area contributed by atoms with E-state index in [4.69, 9.17) is 0 Å². The van der Waals surface area contributed by atoms with E-state index in [0.29, 0.717) is 11.3 Å². The second kappa shape index (κ2) is 8.89. The molecule has 0 aliphatic carbocycles. The molecule has 3 aromatic rings. The van der Waals surface area contributed by atoms with Gasteiger partial charge in [0.1, 0.15) is 5.82 Å². The first-order valence-corrected chi connectivity index (χ1v) is 11.3. The average molecular weight is 441 g/mol. The summed E-state index contributed by atoms with van der Waals surface area (Å²) in [5.41, 5.74) is 3.99. The van der Waals surface area contributed by atoms with Crippen molar-refractivity contribution in [3.63, 3.8) is 0 Å². The van der Waals surface area contributed by atoms with Crippen LogP contribution >= 0.6 is 0 Å². The molecule has 0 saturated heterocycles. The number of nitrogens with one attached hydrogen (secondary N) is 2. The van der Waals surface area contributed by atoms with Crippen molar-refractivity contribution >= 4 is 21.6 Å². The Balaban J connectivity index is 1.83. The van der Waals surface area contributed by atoms with Crippen LogP contribution in [-0.4, -0.2) is 14.3 Å². The molecule has 3 aromatic carbocycles. The number of hydrogen-bond donors (Lipinski definition) is 2. The molecule has 0 unspecified atom stereocenters. The van der Waals surface area contributed by atoms with Gasteiger partial charge in [-0.15, -0.1) is 0 Å². The molecule has 0 bridgehead atoms. The van der Waals surface area contributed by atoms with Crippen LogP contribution in [0, 0.1) is 26.6 Å². The number of amides is 1. The monoisotopic (exact) mass is 440 g/mol. The number of carbonyl (C=O) groups is 1. The van der Waals surface area contributed by atoms with Crippen LogP contribution in [0.3, 0.4) is 0 Å². The van der Waals surface area contributed by atoms with Crippen LogP contribution in [0.15, 0.2) is 65.6 Å². The first kappa shape index (κ1) is 22.5. The molecule has 0 aromatic heterocycles. The highest BCUT2D eigenvalue weighted by molar-refractivity contribution is 7.92. The Morgan fingerprint density at radius 3 is 2.16 bits per heavy atom. The van der Waals surface area contributed by atoms with Crippen LogP contribution in [0.5, 0.6) is 0 Å². The van der Waals surface area contributed by atoms with E-state index in [2.05, 4.69) is 10.0 Å². The SMILES string of the molecule is Cc1ccc(NS(=O)(=O)c2cc(C(=O)N[C@H](C)c3ccc(F)cc3)ccc2C)cc1C. The summed E-state index contributed by atoms with van der Waals surface area (Å²) in [6.07, 6.45) is 0. The van der Waals surface area contributed by atoms with Crippen LogP contribution in [0.1, 0.15) is 45.6 Å². The van der Waals surface area contributed by atoms with Gasteiger partial charge in [-0.05, 0) is 86.3 Å². The summed E-state index contributed by atoms with van der Waals surface area (Å²) in [5.74, 6) is -0.772. The molecular weight excluding hydrogens is 415 g/mol. The van der Waals surface area contributed by atoms with Gasteiger partial charge in [0.15, 0.2) is 0 Å². The van der Waals surface area contributed by atoms with Gasteiger partial charge in [-0.25, -0.2) is 12.8 Å². The van der Waals surface area contributed by atoms with Crippen molar-refractivity contribution in [3.8, 4) is 0 Å². The molecular formula is C24H25FN2O3S. The summed E-state index contributed by atoms with van der Waals surface area (Å²) in [5, 5.41) is 2.82. The predicted molar refractivity (Wildman–Crippen MR) is 120 cm³/mol. The molecule has 1 amide bonds. The van der Waals surface area contributed by atoms with Crippen LogP contribution in [0.25, 0.3) is 0 Å². The molecule has 7 heteroatoms. The van der Waals surface area contributed by atoms with E-state index in [1.165, 1.54) is 18.2 Å². The van der Waals surface area contributed by atoms with Gasteiger partial charge in [0.05, 0.1) is 10.9 Å². The number of rotatable bonds is 6. The second-order valence-corrected chi connectivity index (χ2v) is 9.28. The van der Waals surface area contributed by atoms with Crippen molar-refractivity contribution < 1.29 is 17.6 Å². The summed E-state index contributed by atoms with van der Waals surface area (Å²) in [6.45, 7) is 7.31. The predicted octanol–water partition coefficient (Wildman–Crippen LogP) is 5.04. The highest BCUT2D eigenvalue weighted by Crippen LogP contribution is 2.23. The third kappa shape index (κ3) is 5.30. The molecule has 0 radical (unpaired) electrons. The number of halogens is 1. The highest BCUT2D eigenvalue weighted by Gasteiger charge is 2.20. The minimum Gasteiger partial charge on any atom is -0.346 e. The maximum absolute atomic E-state index is 13.1. The quantitative estimate of drug-likeness (QED) is 0.564. The zero-order chi connectivity index (χ0) is 22.8. The zero-order valence-corrected chi connectivity index (χ0v) is 18.7. The lowest BCUT2D eigenvalue weighted by atomic mass is 10.1. The Labute approximate surface area is 182 Å². The van der Waals surface area contributed by atoms with Gasteiger partial charge in [-0.3, -0.25) is 9.52 Å². The van der Waals surface area contributed by atoms with Gasteiger partial charge in [0, 0.05) is 11.3 Å². The Hall–Kier alpha value is -3.19. The summed E-state index contributed by atoms with van der Waals surface area (Å²) in [4.78, 5) is 12.8. The van der Waals surface area contributed by atoms with E-state index < -0.39 is 15.9 Å². The number of carbonyl (C=O) groups excluding carboxylic acids is 1. The molecule has 31 heavy (non-hydrogen) atoms. The van der Waals surface area contributed by atoms with Crippen LogP contribution < -0.4 is 10.0 Å². The molecule has 0 fully saturated rings. The molecule has 0 saturated carbocycles. The summed E-state index contributed by atoms with van der Waals surface area (Å²) < 4.78 is 41.7. The third-order valence-electron chi connectivity index (χ3n) is 5.22. The molecule has 3 rings (SSSR count). The van der Waals surface area contributed by atoms with Crippen LogP contribution in [0.2, 0.25) is 0 Å². The lowest BCUT2D eigenvalue weighted by Gasteiger charge is -2.16. The van der Waals surface area contributed by atoms with Gasteiger partial charge < -0.3 is 5.32 Å². The van der Waals surface area contributed by atoms with E-state index in [9.17, 15) is 17.6 Å². The molecule has 0 aliphatic heterocycles. The van der Waals surface area contributed by atoms with Crippen molar-refractivity contribution in [1.29, 1.82) is 0 Å². The van der Waals surface area contributed by atoms with E-state index >= 15 is 0 Å². The molecule has 5 nitrogen and oxygen atoms in total. The van der Waals surface area contributed by atoms with Gasteiger partial charge in [-0.2, -0.15) is 0 Å². The lowest BCUT2D eigenvalue weighted by molar-refractivity contribution is 0.0939. The van der Waals surface area contributed by atoms with Crippen molar-refractivity contribution in [2.75, 3.05) is 4.72 Å². The average Bonchev–Trinajstić information content (AvgIpc) is 2.71. The number of hydrogen-bond acceptors (Lipinski definition) is 3. The van der Waals surface area contributed by atoms with Gasteiger partial charge in [0.2, 0.25) is 0 Å². The number of anilines is 1. The fraction of sp³-hybridized carbons (Fsp3) is 0.208. The fourth-order valence-electron chi connectivity index (χ4n) is 3.16. The molecule has 2 N–H and O–H groups in total. The Kier molecular flexibility index (Phi) is 6.45. The normalized spacial score (nSPS) is 12.3. The van der Waals surface area contributed by atoms with E-state index in [1.807, 2.05) is 19.9 Å². The molecule has 1 atom stereocenters. The van der Waals surface area contributed by atoms with Gasteiger partial charge in [0.25, 0.3) is 15.9 Å². The molecule has 0 heterocycles. The summed E-state index contributed by atoms with van der Waals surface area (Å²) in [6, 6.07) is 15.3. The Morgan fingerprint density at radius 1 is 0.871 bits per heavy atom. The molecule has 162 valence electrons. The first-order valence-electron chi connectivity index (χ1n) is 9.84. The second-order valence-electron chi connectivity index (χ2n) is 7.63. The van der Waals surface area contributed by atoms with Crippen molar-refractivity contribution in [2.24, 2.45) is 0 Å². The Bertz CT molecular complexity index is 1220. The van der Waals surface area contributed by atoms with Crippen LogP contribution in [-0.2, 0) is 10.0 Å². The minimum absolute atomic E-state index is 0.0350. The molecule has 0 spiro atoms. The zero-order valence-electron chi connectivity index (χ0n) is 17.9. The maximum Gasteiger partial charge on any atom is 0.262 e. The number of benzene rings is 3. The largest absolute Gasteiger partial charge is 0.346 e. The third-order valence-corrected chi connectivity index (χ3v) is 6.74. The standard InChI is InChI=1S/C24H25FN2O3S/c1-15-6-12-22(13-17(15)3)27-31(29,30)23-14-20(7-5-16(23)2)24(28)26-18(4)19-8-10-21(25)11-9-19/h5-14,18,27H,1-4H3,(H,26,28)/t18-/m1/s1. The Morgan fingerprint density at radius 2 is 1.52 bits per heavy atom.